The predicted octanol–water partition coefficient (Wildman–Crippen LogP) is 3.26. The SMILES string of the molecule is CCC(CC)C(NS(=O)(=O)c1ccc(Cl)s1)C(C)(C)O. The Kier molecular flexibility index (Phi) is 6.04. The number of thiophene rings is 1. The highest BCUT2D eigenvalue weighted by Crippen LogP contribution is 2.29. The van der Waals surface area contributed by atoms with Gasteiger partial charge in [-0.25, -0.2) is 13.1 Å². The van der Waals surface area contributed by atoms with E-state index in [0.717, 1.165) is 24.2 Å². The van der Waals surface area contributed by atoms with Gasteiger partial charge in [0.15, 0.2) is 0 Å². The molecule has 0 saturated carbocycles. The smallest absolute Gasteiger partial charge is 0.250 e. The van der Waals surface area contributed by atoms with Gasteiger partial charge in [-0.3, -0.25) is 0 Å². The molecule has 2 N–H and O–H groups in total. The summed E-state index contributed by atoms with van der Waals surface area (Å²) in [7, 11) is -3.66. The fraction of sp³-hybridized carbons (Fsp3) is 0.692. The lowest BCUT2D eigenvalue weighted by Crippen LogP contribution is -2.53. The molecule has 0 amide bonds. The van der Waals surface area contributed by atoms with Crippen molar-refractivity contribution < 1.29 is 13.5 Å². The fourth-order valence-corrected chi connectivity index (χ4v) is 5.19. The van der Waals surface area contributed by atoms with Crippen LogP contribution in [-0.2, 0) is 10.0 Å². The van der Waals surface area contributed by atoms with Gasteiger partial charge in [0.2, 0.25) is 10.0 Å². The zero-order valence-corrected chi connectivity index (χ0v) is 14.6. The zero-order chi connectivity index (χ0) is 15.6. The Morgan fingerprint density at radius 2 is 1.90 bits per heavy atom. The molecule has 0 aliphatic heterocycles. The maximum atomic E-state index is 12.4. The molecule has 20 heavy (non-hydrogen) atoms. The third kappa shape index (κ3) is 4.43. The van der Waals surface area contributed by atoms with Crippen LogP contribution in [0.4, 0.5) is 0 Å². The molecule has 0 fully saturated rings. The Bertz CT molecular complexity index is 530. The largest absolute Gasteiger partial charge is 0.389 e. The van der Waals surface area contributed by atoms with E-state index in [0.29, 0.717) is 4.34 Å². The van der Waals surface area contributed by atoms with Crippen LogP contribution in [0, 0.1) is 5.92 Å². The van der Waals surface area contributed by atoms with Crippen molar-refractivity contribution in [1.82, 2.24) is 4.72 Å². The third-order valence-corrected chi connectivity index (χ3v) is 6.54. The second-order valence-corrected chi connectivity index (χ2v) is 9.04. The number of nitrogens with one attached hydrogen (secondary N) is 1. The van der Waals surface area contributed by atoms with Crippen molar-refractivity contribution in [1.29, 1.82) is 0 Å². The zero-order valence-electron chi connectivity index (χ0n) is 12.2. The van der Waals surface area contributed by atoms with Crippen molar-refractivity contribution in [3.05, 3.63) is 16.5 Å². The molecule has 0 bridgehead atoms. The van der Waals surface area contributed by atoms with Gasteiger partial charge in [0.05, 0.1) is 16.0 Å². The number of rotatable bonds is 7. The van der Waals surface area contributed by atoms with Gasteiger partial charge in [-0.2, -0.15) is 0 Å². The highest BCUT2D eigenvalue weighted by molar-refractivity contribution is 7.91. The summed E-state index contributed by atoms with van der Waals surface area (Å²) in [5, 5.41) is 10.3. The number of aliphatic hydroxyl groups is 1. The monoisotopic (exact) mass is 339 g/mol. The van der Waals surface area contributed by atoms with E-state index in [1.165, 1.54) is 6.07 Å². The summed E-state index contributed by atoms with van der Waals surface area (Å²) in [5.74, 6) is 0.0696. The molecule has 0 radical (unpaired) electrons. The summed E-state index contributed by atoms with van der Waals surface area (Å²) in [6, 6.07) is 2.49. The number of hydrogen-bond acceptors (Lipinski definition) is 4. The number of halogens is 1. The summed E-state index contributed by atoms with van der Waals surface area (Å²) in [6.07, 6.45) is 1.58. The van der Waals surface area contributed by atoms with Gasteiger partial charge in [0.25, 0.3) is 0 Å². The highest BCUT2D eigenvalue weighted by Gasteiger charge is 2.36. The van der Waals surface area contributed by atoms with E-state index in [2.05, 4.69) is 4.72 Å². The maximum Gasteiger partial charge on any atom is 0.250 e. The topological polar surface area (TPSA) is 66.4 Å². The molecule has 1 unspecified atom stereocenters. The molecular formula is C13H22ClNO3S2. The van der Waals surface area contributed by atoms with Crippen LogP contribution in [0.25, 0.3) is 0 Å². The molecule has 7 heteroatoms. The van der Waals surface area contributed by atoms with Gasteiger partial charge in [0.1, 0.15) is 4.21 Å². The second kappa shape index (κ2) is 6.75. The van der Waals surface area contributed by atoms with E-state index < -0.39 is 21.7 Å². The third-order valence-electron chi connectivity index (χ3n) is 3.38. The molecule has 1 heterocycles. The average molecular weight is 340 g/mol. The minimum Gasteiger partial charge on any atom is -0.389 e. The van der Waals surface area contributed by atoms with Gasteiger partial charge in [-0.15, -0.1) is 11.3 Å². The van der Waals surface area contributed by atoms with E-state index in [4.69, 9.17) is 11.6 Å². The normalized spacial score (nSPS) is 14.8. The van der Waals surface area contributed by atoms with Crippen LogP contribution < -0.4 is 4.72 Å². The van der Waals surface area contributed by atoms with Crippen molar-refractivity contribution in [3.8, 4) is 0 Å². The molecule has 4 nitrogen and oxygen atoms in total. The Labute approximate surface area is 130 Å². The minimum atomic E-state index is -3.66. The highest BCUT2D eigenvalue weighted by atomic mass is 35.5. The van der Waals surface area contributed by atoms with E-state index in [9.17, 15) is 13.5 Å². The molecule has 1 rings (SSSR count). The van der Waals surface area contributed by atoms with Crippen molar-refractivity contribution in [3.63, 3.8) is 0 Å². The Morgan fingerprint density at radius 3 is 2.25 bits per heavy atom. The number of sulfonamides is 1. The first-order chi connectivity index (χ1) is 9.11. The molecule has 1 atom stereocenters. The summed E-state index contributed by atoms with van der Waals surface area (Å²) in [5.41, 5.74) is -1.13. The van der Waals surface area contributed by atoms with Crippen LogP contribution >= 0.6 is 22.9 Å². The molecule has 1 aromatic heterocycles. The van der Waals surface area contributed by atoms with E-state index in [-0.39, 0.29) is 10.1 Å². The quantitative estimate of drug-likeness (QED) is 0.801. The Morgan fingerprint density at radius 1 is 1.35 bits per heavy atom. The van der Waals surface area contributed by atoms with Gasteiger partial charge < -0.3 is 5.11 Å². The van der Waals surface area contributed by atoms with Crippen LogP contribution in [0.15, 0.2) is 16.3 Å². The van der Waals surface area contributed by atoms with Crippen LogP contribution in [0.1, 0.15) is 40.5 Å². The average Bonchev–Trinajstić information content (AvgIpc) is 2.75. The van der Waals surface area contributed by atoms with Crippen molar-refractivity contribution in [2.24, 2.45) is 5.92 Å². The van der Waals surface area contributed by atoms with E-state index >= 15 is 0 Å². The van der Waals surface area contributed by atoms with Crippen LogP contribution in [0.5, 0.6) is 0 Å². The predicted molar refractivity (Wildman–Crippen MR) is 83.8 cm³/mol. The lowest BCUT2D eigenvalue weighted by atomic mass is 9.84. The lowest BCUT2D eigenvalue weighted by molar-refractivity contribution is 0.0216. The fourth-order valence-electron chi connectivity index (χ4n) is 2.24. The first-order valence-corrected chi connectivity index (χ1v) is 9.29. The summed E-state index contributed by atoms with van der Waals surface area (Å²) >= 11 is 6.79. The van der Waals surface area contributed by atoms with Crippen LogP contribution in [0.3, 0.4) is 0 Å². The second-order valence-electron chi connectivity index (χ2n) is 5.39. The van der Waals surface area contributed by atoms with Crippen molar-refractivity contribution in [2.75, 3.05) is 0 Å². The Balaban J connectivity index is 3.06. The first kappa shape index (κ1) is 17.9. The van der Waals surface area contributed by atoms with Gasteiger partial charge >= 0.3 is 0 Å². The molecular weight excluding hydrogens is 318 g/mol. The summed E-state index contributed by atoms with van der Waals surface area (Å²) < 4.78 is 28.0. The van der Waals surface area contributed by atoms with Crippen molar-refractivity contribution >= 4 is 33.0 Å². The van der Waals surface area contributed by atoms with Crippen molar-refractivity contribution in [2.45, 2.75) is 56.4 Å². The summed E-state index contributed by atoms with van der Waals surface area (Å²) in [6.45, 7) is 7.23. The molecule has 0 saturated heterocycles. The molecule has 1 aromatic rings. The maximum absolute atomic E-state index is 12.4. The first-order valence-electron chi connectivity index (χ1n) is 6.61. The van der Waals surface area contributed by atoms with Crippen LogP contribution in [-0.4, -0.2) is 25.2 Å². The molecule has 0 aromatic carbocycles. The molecule has 0 aliphatic carbocycles. The van der Waals surface area contributed by atoms with Crippen LogP contribution in [0.2, 0.25) is 4.34 Å². The van der Waals surface area contributed by atoms with E-state index in [1.807, 2.05) is 13.8 Å². The lowest BCUT2D eigenvalue weighted by Gasteiger charge is -2.35. The standard InChI is InChI=1S/C13H22ClNO3S2/c1-5-9(6-2)12(13(3,4)16)15-20(17,18)11-8-7-10(14)19-11/h7-9,12,15-16H,5-6H2,1-4H3. The molecule has 116 valence electrons. The van der Waals surface area contributed by atoms with Gasteiger partial charge in [0, 0.05) is 0 Å². The number of hydrogen-bond donors (Lipinski definition) is 2. The molecule has 0 aliphatic rings. The minimum absolute atomic E-state index is 0.0696. The van der Waals surface area contributed by atoms with Gasteiger partial charge in [-0.1, -0.05) is 38.3 Å². The van der Waals surface area contributed by atoms with Gasteiger partial charge in [-0.05, 0) is 31.9 Å². The molecule has 0 spiro atoms. The summed E-state index contributed by atoms with van der Waals surface area (Å²) in [4.78, 5) is 0. The Hall–Kier alpha value is -0.140. The van der Waals surface area contributed by atoms with E-state index in [1.54, 1.807) is 19.9 Å².